The number of nitrogens with zero attached hydrogens (tertiary/aromatic N) is 6. The number of terminal acetylenes is 1. The zero-order valence-corrected chi connectivity index (χ0v) is 26.6. The van der Waals surface area contributed by atoms with Gasteiger partial charge in [-0.25, -0.2) is 8.78 Å². The lowest BCUT2D eigenvalue weighted by Gasteiger charge is -2.31. The number of likely N-dealkylation sites (N-methyl/N-ethyl adjacent to an activating group) is 1. The van der Waals surface area contributed by atoms with Crippen LogP contribution in [-0.2, 0) is 4.79 Å². The highest BCUT2D eigenvalue weighted by Gasteiger charge is 2.45. The number of aliphatic hydroxyl groups is 1. The van der Waals surface area contributed by atoms with E-state index in [0.717, 1.165) is 38.8 Å². The fourth-order valence-electron chi connectivity index (χ4n) is 7.83. The van der Waals surface area contributed by atoms with Crippen molar-refractivity contribution < 1.29 is 28.5 Å². The number of carbonyl (C=O) groups is 1. The number of hydrogen-bond acceptors (Lipinski definition) is 9. The lowest BCUT2D eigenvalue weighted by molar-refractivity contribution is -0.126. The van der Waals surface area contributed by atoms with Crippen molar-refractivity contribution in [2.45, 2.75) is 49.8 Å². The predicted molar refractivity (Wildman–Crippen MR) is 178 cm³/mol. The van der Waals surface area contributed by atoms with Gasteiger partial charge in [-0.1, -0.05) is 18.6 Å². The number of halogens is 2. The van der Waals surface area contributed by atoms with Crippen molar-refractivity contribution in [3.8, 4) is 35.4 Å². The Labute approximate surface area is 276 Å². The number of aliphatic hydroxyl groups excluding tert-OH is 1. The molecule has 3 aliphatic rings. The van der Waals surface area contributed by atoms with Crippen LogP contribution in [0.3, 0.4) is 0 Å². The smallest absolute Gasteiger partial charge is 0.319 e. The number of carbonyl (C=O) groups excluding carboxylic acids is 1. The molecule has 0 bridgehead atoms. The number of phenolic OH excluding ortho intramolecular Hbond substituents is 1. The number of β-amino-alcohol motifs (C(OH)–C–C–N with tert-alkyl or cyclic N) is 1. The number of aromatic nitrogens is 3. The SMILES string of the molecule is C#Cc1c(F)ccc2cc(O)cc(-c3ncc4c(N(C)C[C@@H]5CC(O)CN5C(=O)C=C)nc(OCC56CCCN5CCC6)nc4c3F)c12. The molecule has 1 amide bonds. The van der Waals surface area contributed by atoms with E-state index in [0.29, 0.717) is 24.2 Å². The van der Waals surface area contributed by atoms with Gasteiger partial charge in [0.25, 0.3) is 0 Å². The molecule has 0 radical (unpaired) electrons. The van der Waals surface area contributed by atoms with Gasteiger partial charge in [-0.2, -0.15) is 9.97 Å². The number of likely N-dealkylation sites (tertiary alicyclic amines) is 1. The molecular formula is C36H36F2N6O4. The van der Waals surface area contributed by atoms with Crippen LogP contribution in [0.4, 0.5) is 14.6 Å². The summed E-state index contributed by atoms with van der Waals surface area (Å²) in [5.41, 5.74) is -0.349. The number of fused-ring (bicyclic) bond motifs is 3. The third kappa shape index (κ3) is 5.37. The summed E-state index contributed by atoms with van der Waals surface area (Å²) in [6.45, 7) is 6.39. The lowest BCUT2D eigenvalue weighted by Crippen LogP contribution is -2.43. The van der Waals surface area contributed by atoms with E-state index in [1.807, 2.05) is 0 Å². The molecule has 0 spiro atoms. The van der Waals surface area contributed by atoms with E-state index in [9.17, 15) is 19.4 Å². The van der Waals surface area contributed by atoms with Gasteiger partial charge in [0.1, 0.15) is 35.2 Å². The van der Waals surface area contributed by atoms with Gasteiger partial charge in [0.2, 0.25) is 5.91 Å². The highest BCUT2D eigenvalue weighted by molar-refractivity contribution is 6.03. The van der Waals surface area contributed by atoms with Crippen molar-refractivity contribution in [1.29, 1.82) is 0 Å². The number of hydrogen-bond donors (Lipinski definition) is 2. The van der Waals surface area contributed by atoms with Crippen molar-refractivity contribution >= 4 is 33.4 Å². The molecule has 2 aromatic carbocycles. The van der Waals surface area contributed by atoms with Crippen molar-refractivity contribution in [1.82, 2.24) is 24.8 Å². The van der Waals surface area contributed by atoms with Gasteiger partial charge in [0.15, 0.2) is 5.82 Å². The van der Waals surface area contributed by atoms with E-state index in [1.54, 1.807) is 16.8 Å². The summed E-state index contributed by atoms with van der Waals surface area (Å²) >= 11 is 0. The number of aromatic hydroxyl groups is 1. The molecular weight excluding hydrogens is 618 g/mol. The van der Waals surface area contributed by atoms with E-state index in [1.165, 1.54) is 36.5 Å². The molecule has 4 aromatic rings. The normalized spacial score (nSPS) is 20.3. The van der Waals surface area contributed by atoms with Crippen LogP contribution in [0.25, 0.3) is 32.9 Å². The number of pyridine rings is 1. The Hall–Kier alpha value is -4.86. The van der Waals surface area contributed by atoms with Gasteiger partial charge in [0.05, 0.1) is 28.6 Å². The minimum Gasteiger partial charge on any atom is -0.508 e. The monoisotopic (exact) mass is 654 g/mol. The Morgan fingerprint density at radius 2 is 2.02 bits per heavy atom. The largest absolute Gasteiger partial charge is 0.508 e. The Bertz CT molecular complexity index is 1990. The number of amides is 1. The molecule has 3 aliphatic heterocycles. The van der Waals surface area contributed by atoms with E-state index < -0.39 is 17.7 Å². The average molecular weight is 655 g/mol. The third-order valence-corrected chi connectivity index (χ3v) is 10.1. The van der Waals surface area contributed by atoms with Gasteiger partial charge in [-0.15, -0.1) is 6.42 Å². The summed E-state index contributed by atoms with van der Waals surface area (Å²) in [4.78, 5) is 32.1. The zero-order chi connectivity index (χ0) is 33.7. The van der Waals surface area contributed by atoms with Crippen molar-refractivity contribution in [3.05, 3.63) is 60.3 Å². The second-order valence-electron chi connectivity index (χ2n) is 13.0. The summed E-state index contributed by atoms with van der Waals surface area (Å²) in [5, 5.41) is 21.9. The summed E-state index contributed by atoms with van der Waals surface area (Å²) in [6, 6.07) is 5.01. The van der Waals surface area contributed by atoms with Gasteiger partial charge >= 0.3 is 6.01 Å². The minimum absolute atomic E-state index is 0.0184. The second-order valence-corrected chi connectivity index (χ2v) is 13.0. The molecule has 2 atom stereocenters. The molecule has 0 aliphatic carbocycles. The molecule has 0 saturated carbocycles. The summed E-state index contributed by atoms with van der Waals surface area (Å²) in [5.74, 6) is 0.730. The van der Waals surface area contributed by atoms with Crippen LogP contribution in [0.2, 0.25) is 0 Å². The van der Waals surface area contributed by atoms with Crippen molar-refractivity contribution in [2.24, 2.45) is 0 Å². The molecule has 5 heterocycles. The summed E-state index contributed by atoms with van der Waals surface area (Å²) in [6.07, 6.45) is 12.1. The predicted octanol–water partition coefficient (Wildman–Crippen LogP) is 4.40. The average Bonchev–Trinajstić information content (AvgIpc) is 3.77. The Morgan fingerprint density at radius 3 is 2.75 bits per heavy atom. The van der Waals surface area contributed by atoms with E-state index in [2.05, 4.69) is 27.4 Å². The topological polar surface area (TPSA) is 115 Å². The fraction of sp³-hybridized carbons (Fsp3) is 0.389. The number of benzene rings is 2. The van der Waals surface area contributed by atoms with Gasteiger partial charge in [-0.3, -0.25) is 14.7 Å². The molecule has 3 saturated heterocycles. The fourth-order valence-corrected chi connectivity index (χ4v) is 7.83. The first-order chi connectivity index (χ1) is 23.1. The van der Waals surface area contributed by atoms with Gasteiger partial charge in [-0.05, 0) is 74.9 Å². The van der Waals surface area contributed by atoms with Crippen LogP contribution in [0.1, 0.15) is 37.7 Å². The number of rotatable bonds is 8. The van der Waals surface area contributed by atoms with Gasteiger partial charge in [0, 0.05) is 37.3 Å². The van der Waals surface area contributed by atoms with Crippen LogP contribution < -0.4 is 9.64 Å². The van der Waals surface area contributed by atoms with Crippen LogP contribution in [-0.4, -0.2) is 98.4 Å². The third-order valence-electron chi connectivity index (χ3n) is 10.1. The molecule has 2 N–H and O–H groups in total. The molecule has 12 heteroatoms. The van der Waals surface area contributed by atoms with Crippen LogP contribution in [0.15, 0.2) is 43.1 Å². The van der Waals surface area contributed by atoms with Crippen LogP contribution >= 0.6 is 0 Å². The van der Waals surface area contributed by atoms with E-state index in [4.69, 9.17) is 16.1 Å². The first-order valence-corrected chi connectivity index (χ1v) is 16.1. The molecule has 2 aromatic heterocycles. The van der Waals surface area contributed by atoms with Crippen molar-refractivity contribution in [3.63, 3.8) is 0 Å². The maximum absolute atomic E-state index is 16.8. The number of anilines is 1. The van der Waals surface area contributed by atoms with Crippen LogP contribution in [0, 0.1) is 24.0 Å². The molecule has 48 heavy (non-hydrogen) atoms. The zero-order valence-electron chi connectivity index (χ0n) is 26.6. The molecule has 10 nitrogen and oxygen atoms in total. The van der Waals surface area contributed by atoms with Gasteiger partial charge < -0.3 is 24.7 Å². The summed E-state index contributed by atoms with van der Waals surface area (Å²) in [7, 11) is 1.76. The first kappa shape index (κ1) is 31.7. The van der Waals surface area contributed by atoms with E-state index in [-0.39, 0.29) is 75.4 Å². The number of phenols is 1. The maximum Gasteiger partial charge on any atom is 0.319 e. The first-order valence-electron chi connectivity index (χ1n) is 16.1. The minimum atomic E-state index is -0.824. The summed E-state index contributed by atoms with van der Waals surface area (Å²) < 4.78 is 38.0. The molecule has 248 valence electrons. The highest BCUT2D eigenvalue weighted by Crippen LogP contribution is 2.41. The second kappa shape index (κ2) is 12.3. The highest BCUT2D eigenvalue weighted by atomic mass is 19.1. The van der Waals surface area contributed by atoms with Crippen LogP contribution in [0.5, 0.6) is 11.8 Å². The Balaban J connectivity index is 1.35. The number of ether oxygens (including phenoxy) is 1. The standard InChI is InChI=1S/C36H36F2N6O4/c1-4-25-28(37)9-8-21-14-23(45)16-26(30(21)25)32-31(38)33-27(17-39-32)34(42(3)18-22-15-24(46)19-44(22)29(47)5-2)41-35(40-33)48-20-36-10-6-12-43(36)13-7-11-36/h1,5,8-9,14,16-17,22,24,45-46H,2,6-7,10-13,15,18-20H2,3H3/t22-,24?/m0/s1. The molecule has 1 unspecified atom stereocenters. The molecule has 3 fully saturated rings. The van der Waals surface area contributed by atoms with E-state index >= 15 is 4.39 Å². The quantitative estimate of drug-likeness (QED) is 0.211. The maximum atomic E-state index is 16.8. The Morgan fingerprint density at radius 1 is 1.25 bits per heavy atom. The molecule has 7 rings (SSSR count). The lowest BCUT2D eigenvalue weighted by atomic mass is 9.95. The Kier molecular flexibility index (Phi) is 8.13. The van der Waals surface area contributed by atoms with Crippen molar-refractivity contribution in [2.75, 3.05) is 44.7 Å².